The lowest BCUT2D eigenvalue weighted by molar-refractivity contribution is -0.131. The Labute approximate surface area is 189 Å². The molecule has 164 valence electrons. The number of carboxylic acid groups (broad SMARTS) is 1. The fourth-order valence-corrected chi connectivity index (χ4v) is 3.08. The molecule has 1 amide bonds. The third-order valence-corrected chi connectivity index (χ3v) is 4.65. The van der Waals surface area contributed by atoms with Crippen LogP contribution in [0.1, 0.15) is 5.56 Å². The van der Waals surface area contributed by atoms with Gasteiger partial charge in [0.25, 0.3) is 0 Å². The van der Waals surface area contributed by atoms with Gasteiger partial charge in [-0.1, -0.05) is 30.3 Å². The number of nitrogens with one attached hydrogen (secondary N) is 2. The fourth-order valence-electron chi connectivity index (χ4n) is 3.08. The highest BCUT2D eigenvalue weighted by molar-refractivity contribution is 6.04. The summed E-state index contributed by atoms with van der Waals surface area (Å²) in [6.07, 6.45) is 3.18. The molecule has 33 heavy (non-hydrogen) atoms. The predicted octanol–water partition coefficient (Wildman–Crippen LogP) is 4.53. The van der Waals surface area contributed by atoms with Crippen molar-refractivity contribution in [2.75, 3.05) is 10.6 Å². The summed E-state index contributed by atoms with van der Waals surface area (Å²) in [5.41, 5.74) is 3.08. The average Bonchev–Trinajstić information content (AvgIpc) is 2.83. The Bertz CT molecular complexity index is 1310. The molecule has 0 atom stereocenters. The van der Waals surface area contributed by atoms with Gasteiger partial charge in [0, 0.05) is 28.9 Å². The van der Waals surface area contributed by atoms with Gasteiger partial charge in [-0.3, -0.25) is 4.79 Å². The molecule has 0 fully saturated rings. The van der Waals surface area contributed by atoms with Gasteiger partial charge in [-0.15, -0.1) is 0 Å². The first-order valence-corrected chi connectivity index (χ1v) is 10.1. The van der Waals surface area contributed by atoms with E-state index in [2.05, 4.69) is 20.6 Å². The minimum Gasteiger partial charge on any atom is -0.489 e. The van der Waals surface area contributed by atoms with Crippen molar-refractivity contribution in [3.63, 3.8) is 0 Å². The van der Waals surface area contributed by atoms with Gasteiger partial charge in [0.05, 0.1) is 5.52 Å². The van der Waals surface area contributed by atoms with Crippen LogP contribution in [0.25, 0.3) is 10.9 Å². The molecule has 0 saturated heterocycles. The summed E-state index contributed by atoms with van der Waals surface area (Å²) in [7, 11) is 0. The molecule has 4 rings (SSSR count). The third-order valence-electron chi connectivity index (χ3n) is 4.65. The molecule has 0 aliphatic rings. The van der Waals surface area contributed by atoms with Crippen molar-refractivity contribution in [3.8, 4) is 5.75 Å². The van der Waals surface area contributed by atoms with Crippen LogP contribution in [0.15, 0.2) is 91.3 Å². The van der Waals surface area contributed by atoms with E-state index in [0.717, 1.165) is 29.2 Å². The predicted molar refractivity (Wildman–Crippen MR) is 125 cm³/mol. The zero-order chi connectivity index (χ0) is 23.0. The molecule has 1 aromatic heterocycles. The summed E-state index contributed by atoms with van der Waals surface area (Å²) in [5.74, 6) is -0.430. The molecule has 8 heteroatoms. The van der Waals surface area contributed by atoms with Gasteiger partial charge >= 0.3 is 5.97 Å². The van der Waals surface area contributed by atoms with Crippen molar-refractivity contribution in [2.45, 2.75) is 6.61 Å². The van der Waals surface area contributed by atoms with Crippen LogP contribution in [-0.2, 0) is 16.2 Å². The molecule has 3 aromatic carbocycles. The average molecular weight is 440 g/mol. The van der Waals surface area contributed by atoms with Crippen molar-refractivity contribution < 1.29 is 19.4 Å². The summed E-state index contributed by atoms with van der Waals surface area (Å²) in [4.78, 5) is 31.0. The molecule has 0 spiro atoms. The highest BCUT2D eigenvalue weighted by atomic mass is 16.5. The lowest BCUT2D eigenvalue weighted by atomic mass is 10.2. The SMILES string of the molecule is O=C(O)C=CC(=O)Nc1ccc2ncnc(Nc3ccc(OCc4ccccc4)cc3)c2c1. The highest BCUT2D eigenvalue weighted by Gasteiger charge is 2.07. The second-order valence-corrected chi connectivity index (χ2v) is 7.04. The van der Waals surface area contributed by atoms with E-state index in [1.807, 2.05) is 54.6 Å². The number of carbonyl (C=O) groups is 2. The van der Waals surface area contributed by atoms with Gasteiger partial charge in [-0.25, -0.2) is 14.8 Å². The number of amides is 1. The second-order valence-electron chi connectivity index (χ2n) is 7.04. The van der Waals surface area contributed by atoms with Crippen molar-refractivity contribution >= 4 is 40.0 Å². The van der Waals surface area contributed by atoms with Crippen molar-refractivity contribution in [1.82, 2.24) is 9.97 Å². The zero-order valence-electron chi connectivity index (χ0n) is 17.4. The topological polar surface area (TPSA) is 113 Å². The molecule has 0 aliphatic heterocycles. The van der Waals surface area contributed by atoms with E-state index in [1.165, 1.54) is 6.33 Å². The van der Waals surface area contributed by atoms with Gasteiger partial charge in [0.15, 0.2) is 0 Å². The standard InChI is InChI=1S/C25H20N4O4/c30-23(12-13-24(31)32)28-19-8-11-22-21(14-19)25(27-16-26-22)29-18-6-9-20(10-7-18)33-15-17-4-2-1-3-5-17/h1-14,16H,15H2,(H,28,30)(H,31,32)(H,26,27,29). The zero-order valence-corrected chi connectivity index (χ0v) is 17.4. The van der Waals surface area contributed by atoms with Crippen LogP contribution >= 0.6 is 0 Å². The van der Waals surface area contributed by atoms with E-state index in [0.29, 0.717) is 29.0 Å². The molecule has 8 nitrogen and oxygen atoms in total. The van der Waals surface area contributed by atoms with Crippen LogP contribution in [0.2, 0.25) is 0 Å². The smallest absolute Gasteiger partial charge is 0.328 e. The van der Waals surface area contributed by atoms with Crippen molar-refractivity contribution in [2.24, 2.45) is 0 Å². The first kappa shape index (κ1) is 21.5. The Morgan fingerprint density at radius 3 is 2.42 bits per heavy atom. The lowest BCUT2D eigenvalue weighted by Crippen LogP contribution is -2.08. The number of carbonyl (C=O) groups excluding carboxylic acids is 1. The largest absolute Gasteiger partial charge is 0.489 e. The normalized spacial score (nSPS) is 10.8. The number of anilines is 3. The summed E-state index contributed by atoms with van der Waals surface area (Å²) in [6, 6.07) is 22.6. The molecular formula is C25H20N4O4. The summed E-state index contributed by atoms with van der Waals surface area (Å²) in [5, 5.41) is 15.2. The summed E-state index contributed by atoms with van der Waals surface area (Å²) in [6.45, 7) is 0.486. The number of benzene rings is 3. The Hall–Kier alpha value is -4.72. The Balaban J connectivity index is 1.47. The monoisotopic (exact) mass is 440 g/mol. The number of nitrogens with zero attached hydrogens (tertiary/aromatic N) is 2. The van der Waals surface area contributed by atoms with E-state index in [4.69, 9.17) is 9.84 Å². The maximum Gasteiger partial charge on any atom is 0.328 e. The van der Waals surface area contributed by atoms with Gasteiger partial charge < -0.3 is 20.5 Å². The van der Waals surface area contributed by atoms with Gasteiger partial charge in [0.1, 0.15) is 24.5 Å². The minimum absolute atomic E-state index is 0.486. The van der Waals surface area contributed by atoms with E-state index in [1.54, 1.807) is 18.2 Å². The number of rotatable bonds is 8. The molecular weight excluding hydrogens is 420 g/mol. The van der Waals surface area contributed by atoms with Crippen molar-refractivity contribution in [1.29, 1.82) is 0 Å². The van der Waals surface area contributed by atoms with Crippen LogP contribution < -0.4 is 15.4 Å². The van der Waals surface area contributed by atoms with Gasteiger partial charge in [-0.2, -0.15) is 0 Å². The van der Waals surface area contributed by atoms with Crippen LogP contribution in [0.5, 0.6) is 5.75 Å². The molecule has 1 heterocycles. The number of aliphatic carboxylic acids is 1. The lowest BCUT2D eigenvalue weighted by Gasteiger charge is -2.11. The fraction of sp³-hybridized carbons (Fsp3) is 0.0400. The molecule has 0 bridgehead atoms. The first-order valence-electron chi connectivity index (χ1n) is 10.1. The van der Waals surface area contributed by atoms with E-state index in [9.17, 15) is 9.59 Å². The number of fused-ring (bicyclic) bond motifs is 1. The second kappa shape index (κ2) is 10.1. The molecule has 3 N–H and O–H groups in total. The molecule has 0 unspecified atom stereocenters. The molecule has 0 saturated carbocycles. The number of hydrogen-bond donors (Lipinski definition) is 3. The molecule has 0 aliphatic carbocycles. The van der Waals surface area contributed by atoms with Crippen LogP contribution in [-0.4, -0.2) is 27.0 Å². The minimum atomic E-state index is -1.19. The van der Waals surface area contributed by atoms with Crippen molar-refractivity contribution in [3.05, 3.63) is 96.8 Å². The quantitative estimate of drug-likeness (QED) is 0.345. The maximum absolute atomic E-state index is 11.9. The van der Waals surface area contributed by atoms with E-state index < -0.39 is 11.9 Å². The highest BCUT2D eigenvalue weighted by Crippen LogP contribution is 2.27. The summed E-state index contributed by atoms with van der Waals surface area (Å²) < 4.78 is 5.82. The Kier molecular flexibility index (Phi) is 6.56. The number of ether oxygens (including phenoxy) is 1. The Morgan fingerprint density at radius 1 is 0.909 bits per heavy atom. The van der Waals surface area contributed by atoms with Crippen LogP contribution in [0.4, 0.5) is 17.2 Å². The molecule has 4 aromatic rings. The Morgan fingerprint density at radius 2 is 1.67 bits per heavy atom. The van der Waals surface area contributed by atoms with Crippen LogP contribution in [0.3, 0.4) is 0 Å². The number of aromatic nitrogens is 2. The maximum atomic E-state index is 11.9. The van der Waals surface area contributed by atoms with E-state index in [-0.39, 0.29) is 0 Å². The van der Waals surface area contributed by atoms with Gasteiger partial charge in [0.2, 0.25) is 5.91 Å². The van der Waals surface area contributed by atoms with E-state index >= 15 is 0 Å². The number of carboxylic acids is 1. The number of hydrogen-bond acceptors (Lipinski definition) is 6. The van der Waals surface area contributed by atoms with Gasteiger partial charge in [-0.05, 0) is 48.0 Å². The van der Waals surface area contributed by atoms with Crippen LogP contribution in [0, 0.1) is 0 Å². The summed E-state index contributed by atoms with van der Waals surface area (Å²) >= 11 is 0. The third kappa shape index (κ3) is 5.92. The molecule has 0 radical (unpaired) electrons. The first-order chi connectivity index (χ1) is 16.1.